The van der Waals surface area contributed by atoms with Gasteiger partial charge in [0, 0.05) is 35.3 Å². The molecule has 0 saturated carbocycles. The van der Waals surface area contributed by atoms with Crippen LogP contribution in [0.15, 0.2) is 72.8 Å². The number of hydrogen-bond donors (Lipinski definition) is 9. The van der Waals surface area contributed by atoms with Crippen LogP contribution in [-0.2, 0) is 59.4 Å². The molecule has 0 fully saturated rings. The first-order chi connectivity index (χ1) is 30.2. The summed E-state index contributed by atoms with van der Waals surface area (Å²) in [4.78, 5) is 73.9. The number of fused-ring (bicyclic) bond motifs is 4. The van der Waals surface area contributed by atoms with Crippen molar-refractivity contribution in [2.45, 2.75) is 38.5 Å². The van der Waals surface area contributed by atoms with Crippen molar-refractivity contribution in [1.29, 1.82) is 0 Å². The number of methoxy groups -OCH3 is 1. The molecule has 8 rings (SSSR count). The number of ether oxygens (including phenoxy) is 1. The molecule has 4 aromatic rings. The monoisotopic (exact) mass is 862 g/mol. The molecule has 0 unspecified atom stereocenters. The summed E-state index contributed by atoms with van der Waals surface area (Å²) in [5, 5.41) is 58.5. The third kappa shape index (κ3) is 10.1. The number of aliphatic carboxylic acids is 1. The molecule has 2 atom stereocenters. The first-order valence-corrected chi connectivity index (χ1v) is 19.4. The molecular weight excluding hydrogens is 824 g/mol. The third-order valence-corrected chi connectivity index (χ3v) is 10.6. The van der Waals surface area contributed by atoms with Gasteiger partial charge in [-0.1, -0.05) is 24.3 Å². The molecule has 0 bridgehead atoms. The maximum Gasteiger partial charge on any atom is 0.491 e. The molecule has 4 aliphatic rings. The Kier molecular flexibility index (Phi) is 13.7. The quantitative estimate of drug-likeness (QED) is 0.0480. The Labute approximate surface area is 359 Å². The van der Waals surface area contributed by atoms with Crippen molar-refractivity contribution in [2.75, 3.05) is 20.2 Å². The molecule has 24 heteroatoms. The van der Waals surface area contributed by atoms with Crippen LogP contribution in [0.1, 0.15) is 63.7 Å². The van der Waals surface area contributed by atoms with E-state index in [1.54, 1.807) is 42.5 Å². The summed E-state index contributed by atoms with van der Waals surface area (Å²) in [7, 11) is -3.26. The molecule has 4 aliphatic heterocycles. The van der Waals surface area contributed by atoms with Gasteiger partial charge in [-0.3, -0.25) is 19.2 Å². The number of carboxylic acid groups (broad SMARTS) is 1. The molecule has 0 aromatic heterocycles. The van der Waals surface area contributed by atoms with E-state index in [-0.39, 0.29) is 61.8 Å². The lowest BCUT2D eigenvalue weighted by molar-refractivity contribution is -0.142. The summed E-state index contributed by atoms with van der Waals surface area (Å²) in [5.74, 6) is -4.35. The minimum absolute atomic E-state index is 0.161. The second kappa shape index (κ2) is 19.4. The number of carbonyl (C=O) groups is 6. The highest BCUT2D eigenvalue weighted by molar-refractivity contribution is 6.63. The number of carboxylic acids is 1. The van der Waals surface area contributed by atoms with E-state index in [9.17, 15) is 54.0 Å². The standard InChI is InChI=1S/C20H20B2N2O8.C19H18B2N2O8/c1-30-20(27)17(24-19(26)12-3-5-14-10-32-22(29)16(14)7-12)8-23-18(25)11-2-4-13-9-31-21(28)15(13)6-11;24-17(10-1-3-12-8-30-20(28)14(12)5-10)22-7-16(19(26)27)23-18(25)11-2-4-13-9-31-21(29)15(13)6-11/h2-7,17,28-29H,8-10H2,1H3,(H,23,25)(H,24,26);1-6,16,28-29H,7-9H2,(H,22,24)(H,23,25)(H,26,27)/t17-;16-/m00/s1. The first-order valence-electron chi connectivity index (χ1n) is 19.4. The van der Waals surface area contributed by atoms with Crippen molar-refractivity contribution in [3.63, 3.8) is 0 Å². The van der Waals surface area contributed by atoms with Gasteiger partial charge in [-0.15, -0.1) is 0 Å². The number of nitrogens with one attached hydrogen (secondary N) is 4. The van der Waals surface area contributed by atoms with Crippen LogP contribution >= 0.6 is 0 Å². The topological polar surface area (TPSA) is 298 Å². The minimum Gasteiger partial charge on any atom is -0.480 e. The number of carbonyl (C=O) groups excluding carboxylic acids is 5. The SMILES string of the molecule is COC(=O)[C@H](CNC(=O)c1ccc2c(c1)B(O)OC2)NC(=O)c1ccc2c(c1)B(O)OC2.O=C(NC[C@H](NC(=O)c1ccc2c(c1)B(O)OC2)C(=O)O)c1ccc2c(c1)B(O)OC2. The Hall–Kier alpha value is -6.36. The lowest BCUT2D eigenvalue weighted by atomic mass is 9.78. The Morgan fingerprint density at radius 1 is 0.524 bits per heavy atom. The number of hydrogen-bond acceptors (Lipinski definition) is 15. The Morgan fingerprint density at radius 3 is 1.14 bits per heavy atom. The Bertz CT molecular complexity index is 2480. The van der Waals surface area contributed by atoms with Crippen molar-refractivity contribution < 1.29 is 77.3 Å². The van der Waals surface area contributed by atoms with E-state index in [4.69, 9.17) is 23.4 Å². The van der Waals surface area contributed by atoms with Crippen molar-refractivity contribution in [1.82, 2.24) is 21.3 Å². The van der Waals surface area contributed by atoms with Gasteiger partial charge < -0.3 is 69.8 Å². The highest BCUT2D eigenvalue weighted by Gasteiger charge is 2.33. The van der Waals surface area contributed by atoms with E-state index in [1.807, 2.05) is 0 Å². The lowest BCUT2D eigenvalue weighted by Crippen LogP contribution is -2.49. The maximum atomic E-state index is 12.7. The normalized spacial score (nSPS) is 15.2. The van der Waals surface area contributed by atoms with Crippen LogP contribution in [0, 0.1) is 0 Å². The largest absolute Gasteiger partial charge is 0.491 e. The molecule has 322 valence electrons. The van der Waals surface area contributed by atoms with Gasteiger partial charge >= 0.3 is 40.4 Å². The van der Waals surface area contributed by atoms with Gasteiger partial charge in [-0.05, 0) is 92.6 Å². The van der Waals surface area contributed by atoms with Gasteiger partial charge in [-0.25, -0.2) is 9.59 Å². The summed E-state index contributed by atoms with van der Waals surface area (Å²) >= 11 is 0. The van der Waals surface area contributed by atoms with Gasteiger partial charge in [0.15, 0.2) is 0 Å². The van der Waals surface area contributed by atoms with Crippen LogP contribution in [0.2, 0.25) is 0 Å². The Morgan fingerprint density at radius 2 is 0.825 bits per heavy atom. The number of benzene rings is 4. The molecule has 0 aliphatic carbocycles. The van der Waals surface area contributed by atoms with Gasteiger partial charge in [0.2, 0.25) is 0 Å². The average Bonchev–Trinajstić information content (AvgIpc) is 4.07. The fourth-order valence-electron chi connectivity index (χ4n) is 7.04. The zero-order valence-electron chi connectivity index (χ0n) is 33.4. The van der Waals surface area contributed by atoms with Crippen molar-refractivity contribution >= 4 is 85.9 Å². The molecule has 0 saturated heterocycles. The van der Waals surface area contributed by atoms with Crippen molar-refractivity contribution in [3.05, 3.63) is 117 Å². The molecule has 20 nitrogen and oxygen atoms in total. The number of amides is 4. The number of esters is 1. The fourth-order valence-corrected chi connectivity index (χ4v) is 7.04. The summed E-state index contributed by atoms with van der Waals surface area (Å²) < 4.78 is 25.1. The zero-order chi connectivity index (χ0) is 44.9. The highest BCUT2D eigenvalue weighted by Crippen LogP contribution is 2.15. The summed E-state index contributed by atoms with van der Waals surface area (Å²) in [6.45, 7) is 0.421. The van der Waals surface area contributed by atoms with Crippen molar-refractivity contribution in [2.24, 2.45) is 0 Å². The van der Waals surface area contributed by atoms with Crippen LogP contribution in [0.3, 0.4) is 0 Å². The predicted octanol–water partition coefficient (Wildman–Crippen LogP) is -4.44. The van der Waals surface area contributed by atoms with Crippen LogP contribution in [-0.4, -0.2) is 122 Å². The molecular formula is C39H38B4N4O16. The Balaban J connectivity index is 0.000000189. The summed E-state index contributed by atoms with van der Waals surface area (Å²) in [6, 6.07) is 16.2. The van der Waals surface area contributed by atoms with E-state index in [0.717, 1.165) is 22.3 Å². The van der Waals surface area contributed by atoms with Crippen LogP contribution < -0.4 is 43.1 Å². The molecule has 0 radical (unpaired) electrons. The molecule has 4 heterocycles. The van der Waals surface area contributed by atoms with E-state index < -0.39 is 76.1 Å². The van der Waals surface area contributed by atoms with E-state index in [0.29, 0.717) is 21.9 Å². The third-order valence-electron chi connectivity index (χ3n) is 10.6. The summed E-state index contributed by atoms with van der Waals surface area (Å²) in [6.07, 6.45) is 0. The second-order valence-electron chi connectivity index (χ2n) is 14.6. The van der Waals surface area contributed by atoms with E-state index in [1.165, 1.54) is 37.4 Å². The lowest BCUT2D eigenvalue weighted by Gasteiger charge is -2.17. The molecule has 0 spiro atoms. The van der Waals surface area contributed by atoms with Crippen LogP contribution in [0.4, 0.5) is 0 Å². The smallest absolute Gasteiger partial charge is 0.480 e. The van der Waals surface area contributed by atoms with Gasteiger partial charge in [-0.2, -0.15) is 0 Å². The zero-order valence-corrected chi connectivity index (χ0v) is 33.4. The minimum atomic E-state index is -1.38. The molecule has 4 aromatic carbocycles. The van der Waals surface area contributed by atoms with Gasteiger partial charge in [0.1, 0.15) is 12.1 Å². The molecule has 63 heavy (non-hydrogen) atoms. The highest BCUT2D eigenvalue weighted by atomic mass is 16.5. The maximum absolute atomic E-state index is 12.7. The first kappa shape index (κ1) is 44.7. The van der Waals surface area contributed by atoms with Crippen LogP contribution in [0.5, 0.6) is 0 Å². The molecule has 4 amide bonds. The van der Waals surface area contributed by atoms with E-state index >= 15 is 0 Å². The van der Waals surface area contributed by atoms with Crippen molar-refractivity contribution in [3.8, 4) is 0 Å². The number of rotatable bonds is 12. The fraction of sp³-hybridized carbons (Fsp3) is 0.231. The van der Waals surface area contributed by atoms with Gasteiger partial charge in [0.05, 0.1) is 33.5 Å². The second-order valence-corrected chi connectivity index (χ2v) is 14.6. The average molecular weight is 862 g/mol. The predicted molar refractivity (Wildman–Crippen MR) is 222 cm³/mol. The van der Waals surface area contributed by atoms with Gasteiger partial charge in [0.25, 0.3) is 23.6 Å². The van der Waals surface area contributed by atoms with Crippen LogP contribution in [0.25, 0.3) is 0 Å². The summed E-state index contributed by atoms with van der Waals surface area (Å²) in [5.41, 5.74) is 5.91. The van der Waals surface area contributed by atoms with E-state index in [2.05, 4.69) is 21.3 Å². The molecule has 9 N–H and O–H groups in total.